The molecule has 25 heavy (non-hydrogen) atoms. The minimum atomic E-state index is 0.856. The van der Waals surface area contributed by atoms with Gasteiger partial charge in [-0.05, 0) is 49.2 Å². The van der Waals surface area contributed by atoms with Crippen molar-refractivity contribution >= 4 is 13.6 Å². The zero-order valence-corrected chi connectivity index (χ0v) is 14.6. The third-order valence-electron chi connectivity index (χ3n) is 3.50. The highest BCUT2D eigenvalue weighted by atomic mass is 16.5. The van der Waals surface area contributed by atoms with Gasteiger partial charge in [-0.25, -0.2) is 0 Å². The quantitative estimate of drug-likeness (QED) is 0.644. The fraction of sp³-hybridized carbons (Fsp3) is 0.0909. The monoisotopic (exact) mass is 334 g/mol. The number of aryl methyl sites for hydroxylation is 2. The van der Waals surface area contributed by atoms with E-state index < -0.39 is 0 Å². The van der Waals surface area contributed by atoms with Gasteiger partial charge >= 0.3 is 0 Å². The molecule has 0 aliphatic rings. The fourth-order valence-corrected chi connectivity index (χ4v) is 2.20. The molecule has 3 heteroatoms. The zero-order valence-electron chi connectivity index (χ0n) is 14.6. The molecule has 0 fully saturated rings. The van der Waals surface area contributed by atoms with Gasteiger partial charge in [0.1, 0.15) is 25.1 Å². The van der Waals surface area contributed by atoms with Crippen molar-refractivity contribution in [1.29, 1.82) is 0 Å². The summed E-state index contributed by atoms with van der Waals surface area (Å²) >= 11 is 0. The SMILES string of the molecule is C=O.C=O.Cc1ccc(Oc2ccc(-c3ccc(C)cc3)cc2)cc1. The first-order valence-corrected chi connectivity index (χ1v) is 7.70. The minimum Gasteiger partial charge on any atom is -0.457 e. The van der Waals surface area contributed by atoms with E-state index in [2.05, 4.69) is 62.4 Å². The Labute approximate surface area is 148 Å². The predicted octanol–water partition coefficient (Wildman–Crippen LogP) is 5.39. The molecule has 0 atom stereocenters. The molecule has 0 bridgehead atoms. The topological polar surface area (TPSA) is 43.4 Å². The number of hydrogen-bond donors (Lipinski definition) is 0. The van der Waals surface area contributed by atoms with Crippen molar-refractivity contribution in [3.63, 3.8) is 0 Å². The molecule has 0 heterocycles. The van der Waals surface area contributed by atoms with Crippen LogP contribution in [-0.2, 0) is 9.59 Å². The molecule has 0 aromatic heterocycles. The van der Waals surface area contributed by atoms with Crippen LogP contribution in [0.15, 0.2) is 72.8 Å². The maximum absolute atomic E-state index is 8.00. The van der Waals surface area contributed by atoms with Crippen molar-refractivity contribution in [2.24, 2.45) is 0 Å². The van der Waals surface area contributed by atoms with Crippen molar-refractivity contribution in [2.75, 3.05) is 0 Å². The van der Waals surface area contributed by atoms with Crippen LogP contribution in [0.3, 0.4) is 0 Å². The molecule has 0 aliphatic carbocycles. The summed E-state index contributed by atoms with van der Waals surface area (Å²) in [6.45, 7) is 8.17. The third-order valence-corrected chi connectivity index (χ3v) is 3.50. The van der Waals surface area contributed by atoms with E-state index >= 15 is 0 Å². The first kappa shape index (κ1) is 19.8. The Morgan fingerprint density at radius 1 is 0.520 bits per heavy atom. The molecule has 0 radical (unpaired) electrons. The Balaban J connectivity index is 0.000000730. The van der Waals surface area contributed by atoms with E-state index in [1.807, 2.05) is 37.8 Å². The molecule has 3 aromatic carbocycles. The highest BCUT2D eigenvalue weighted by Gasteiger charge is 2.00. The van der Waals surface area contributed by atoms with Gasteiger partial charge in [0.15, 0.2) is 0 Å². The molecule has 0 spiro atoms. The second kappa shape index (κ2) is 10.6. The van der Waals surface area contributed by atoms with E-state index in [9.17, 15) is 0 Å². The van der Waals surface area contributed by atoms with Crippen LogP contribution in [0.1, 0.15) is 11.1 Å². The van der Waals surface area contributed by atoms with E-state index in [0.717, 1.165) is 11.5 Å². The third kappa shape index (κ3) is 6.07. The number of ether oxygens (including phenoxy) is 1. The van der Waals surface area contributed by atoms with Gasteiger partial charge in [-0.15, -0.1) is 0 Å². The summed E-state index contributed by atoms with van der Waals surface area (Å²) in [6.07, 6.45) is 0. The van der Waals surface area contributed by atoms with Gasteiger partial charge in [-0.1, -0.05) is 59.7 Å². The molecule has 128 valence electrons. The average Bonchev–Trinajstić information content (AvgIpc) is 2.68. The fourth-order valence-electron chi connectivity index (χ4n) is 2.20. The van der Waals surface area contributed by atoms with Crippen LogP contribution in [0.25, 0.3) is 11.1 Å². The van der Waals surface area contributed by atoms with Crippen LogP contribution in [0.4, 0.5) is 0 Å². The van der Waals surface area contributed by atoms with Gasteiger partial charge < -0.3 is 14.3 Å². The van der Waals surface area contributed by atoms with Gasteiger partial charge in [0.25, 0.3) is 0 Å². The highest BCUT2D eigenvalue weighted by molar-refractivity contribution is 5.64. The van der Waals surface area contributed by atoms with Crippen LogP contribution in [0, 0.1) is 13.8 Å². The lowest BCUT2D eigenvalue weighted by molar-refractivity contribution is -0.0987. The summed E-state index contributed by atoms with van der Waals surface area (Å²) in [5, 5.41) is 0. The van der Waals surface area contributed by atoms with Crippen LogP contribution in [-0.4, -0.2) is 13.6 Å². The first-order chi connectivity index (χ1) is 12.2. The number of carbonyl (C=O) groups excluding carboxylic acids is 2. The second-order valence-corrected chi connectivity index (χ2v) is 5.31. The molecule has 3 aromatic rings. The van der Waals surface area contributed by atoms with Gasteiger partial charge in [0, 0.05) is 0 Å². The average molecular weight is 334 g/mol. The maximum Gasteiger partial charge on any atom is 0.127 e. The van der Waals surface area contributed by atoms with Gasteiger partial charge in [-0.2, -0.15) is 0 Å². The number of carbonyl (C=O) groups is 2. The summed E-state index contributed by atoms with van der Waals surface area (Å²) in [6, 6.07) is 24.8. The molecule has 0 unspecified atom stereocenters. The van der Waals surface area contributed by atoms with Crippen molar-refractivity contribution in [3.05, 3.63) is 83.9 Å². The Morgan fingerprint density at radius 2 is 0.800 bits per heavy atom. The number of benzene rings is 3. The van der Waals surface area contributed by atoms with E-state index in [1.165, 1.54) is 22.3 Å². The van der Waals surface area contributed by atoms with Crippen molar-refractivity contribution in [1.82, 2.24) is 0 Å². The lowest BCUT2D eigenvalue weighted by Gasteiger charge is -2.07. The summed E-state index contributed by atoms with van der Waals surface area (Å²) in [5.74, 6) is 1.72. The smallest absolute Gasteiger partial charge is 0.127 e. The first-order valence-electron chi connectivity index (χ1n) is 7.70. The molecule has 3 nitrogen and oxygen atoms in total. The molecule has 0 aliphatic heterocycles. The van der Waals surface area contributed by atoms with Crippen molar-refractivity contribution < 1.29 is 14.3 Å². The van der Waals surface area contributed by atoms with Crippen molar-refractivity contribution in [2.45, 2.75) is 13.8 Å². The predicted molar refractivity (Wildman–Crippen MR) is 102 cm³/mol. The van der Waals surface area contributed by atoms with Crippen molar-refractivity contribution in [3.8, 4) is 22.6 Å². The number of hydrogen-bond acceptors (Lipinski definition) is 3. The molecular weight excluding hydrogens is 312 g/mol. The van der Waals surface area contributed by atoms with E-state index in [-0.39, 0.29) is 0 Å². The molecule has 0 saturated heterocycles. The molecule has 0 N–H and O–H groups in total. The van der Waals surface area contributed by atoms with Crippen LogP contribution >= 0.6 is 0 Å². The van der Waals surface area contributed by atoms with Crippen LogP contribution in [0.2, 0.25) is 0 Å². The maximum atomic E-state index is 8.00. The lowest BCUT2D eigenvalue weighted by atomic mass is 10.0. The standard InChI is InChI=1S/C20H18O.2CH2O/c1-15-3-7-17(8-4-15)18-9-13-20(14-10-18)21-19-11-5-16(2)6-12-19;2*1-2/h3-14H,1-2H3;2*1H2. The Kier molecular flexibility index (Phi) is 8.38. The van der Waals surface area contributed by atoms with Crippen LogP contribution < -0.4 is 4.74 Å². The van der Waals surface area contributed by atoms with Gasteiger partial charge in [0.2, 0.25) is 0 Å². The summed E-state index contributed by atoms with van der Waals surface area (Å²) in [7, 11) is 0. The Morgan fingerprint density at radius 3 is 1.20 bits per heavy atom. The largest absolute Gasteiger partial charge is 0.457 e. The highest BCUT2D eigenvalue weighted by Crippen LogP contribution is 2.26. The molecule has 3 rings (SSSR count). The van der Waals surface area contributed by atoms with E-state index in [1.54, 1.807) is 0 Å². The van der Waals surface area contributed by atoms with E-state index in [4.69, 9.17) is 14.3 Å². The lowest BCUT2D eigenvalue weighted by Crippen LogP contribution is -1.85. The summed E-state index contributed by atoms with van der Waals surface area (Å²) in [5.41, 5.74) is 4.93. The van der Waals surface area contributed by atoms with Crippen LogP contribution in [0.5, 0.6) is 11.5 Å². The molecule has 0 amide bonds. The Hall–Kier alpha value is -3.20. The van der Waals surface area contributed by atoms with E-state index in [0.29, 0.717) is 0 Å². The minimum absolute atomic E-state index is 0.856. The van der Waals surface area contributed by atoms with Gasteiger partial charge in [-0.3, -0.25) is 0 Å². The summed E-state index contributed by atoms with van der Waals surface area (Å²) in [4.78, 5) is 16.0. The second-order valence-electron chi connectivity index (χ2n) is 5.31. The zero-order chi connectivity index (χ0) is 18.7. The normalized spacial score (nSPS) is 9.04. The molecule has 0 saturated carbocycles. The van der Waals surface area contributed by atoms with Gasteiger partial charge in [0.05, 0.1) is 0 Å². The summed E-state index contributed by atoms with van der Waals surface area (Å²) < 4.78 is 5.84. The Bertz CT molecular complexity index is 743. The molecular formula is C22H22O3. The number of rotatable bonds is 3.